The molecule has 84 valence electrons. The second-order valence-electron chi connectivity index (χ2n) is 3.31. The molecule has 3 nitrogen and oxygen atoms in total. The first-order chi connectivity index (χ1) is 7.74. The van der Waals surface area contributed by atoms with E-state index in [-0.39, 0.29) is 0 Å². The predicted molar refractivity (Wildman–Crippen MR) is 64.7 cm³/mol. The first kappa shape index (κ1) is 11.5. The van der Waals surface area contributed by atoms with E-state index in [0.29, 0.717) is 22.4 Å². The Bertz CT molecular complexity index is 496. The molecule has 1 N–H and O–H groups in total. The molecule has 1 aromatic carbocycles. The maximum absolute atomic E-state index is 6.12. The first-order valence-electron chi connectivity index (χ1n) is 4.76. The summed E-state index contributed by atoms with van der Waals surface area (Å²) in [7, 11) is 1.86. The number of benzene rings is 1. The molecule has 0 aliphatic heterocycles. The third-order valence-corrected chi connectivity index (χ3v) is 3.03. The standard InChI is InChI=1S/C11H10Cl2N2O/c1-14-5-7-6-15-16-11(7)8-3-2-4-9(12)10(8)13/h2-4,6,14H,5H2,1H3. The number of hydrogen-bond donors (Lipinski definition) is 1. The largest absolute Gasteiger partial charge is 0.356 e. The summed E-state index contributed by atoms with van der Waals surface area (Å²) in [5, 5.41) is 7.80. The Kier molecular flexibility index (Phi) is 3.49. The van der Waals surface area contributed by atoms with E-state index in [4.69, 9.17) is 27.7 Å². The van der Waals surface area contributed by atoms with Gasteiger partial charge in [-0.05, 0) is 19.2 Å². The fourth-order valence-corrected chi connectivity index (χ4v) is 1.86. The number of nitrogens with one attached hydrogen (secondary N) is 1. The summed E-state index contributed by atoms with van der Waals surface area (Å²) in [5.74, 6) is 0.654. The zero-order valence-corrected chi connectivity index (χ0v) is 10.1. The molecule has 1 heterocycles. The van der Waals surface area contributed by atoms with Gasteiger partial charge in [0.1, 0.15) is 0 Å². The molecule has 2 rings (SSSR count). The topological polar surface area (TPSA) is 38.1 Å². The van der Waals surface area contributed by atoms with E-state index in [1.807, 2.05) is 19.2 Å². The van der Waals surface area contributed by atoms with Crippen LogP contribution in [0.5, 0.6) is 0 Å². The van der Waals surface area contributed by atoms with E-state index in [9.17, 15) is 0 Å². The normalized spacial score (nSPS) is 10.7. The summed E-state index contributed by atoms with van der Waals surface area (Å²) in [6, 6.07) is 5.42. The Morgan fingerprint density at radius 2 is 2.19 bits per heavy atom. The van der Waals surface area contributed by atoms with Crippen LogP contribution in [0, 0.1) is 0 Å². The Hall–Kier alpha value is -1.03. The average molecular weight is 257 g/mol. The van der Waals surface area contributed by atoms with Crippen molar-refractivity contribution in [1.29, 1.82) is 0 Å². The van der Waals surface area contributed by atoms with Gasteiger partial charge in [0.25, 0.3) is 0 Å². The highest BCUT2D eigenvalue weighted by molar-refractivity contribution is 6.43. The van der Waals surface area contributed by atoms with Crippen molar-refractivity contribution in [2.75, 3.05) is 7.05 Å². The summed E-state index contributed by atoms with van der Waals surface area (Å²) in [5.41, 5.74) is 1.71. The molecule has 1 aromatic heterocycles. The molecule has 2 aromatic rings. The van der Waals surface area contributed by atoms with Crippen molar-refractivity contribution in [1.82, 2.24) is 10.5 Å². The minimum Gasteiger partial charge on any atom is -0.356 e. The number of hydrogen-bond acceptors (Lipinski definition) is 3. The van der Waals surface area contributed by atoms with Crippen LogP contribution in [-0.2, 0) is 6.54 Å². The quantitative estimate of drug-likeness (QED) is 0.916. The summed E-state index contributed by atoms with van der Waals surface area (Å²) in [6.07, 6.45) is 1.67. The van der Waals surface area contributed by atoms with Crippen LogP contribution >= 0.6 is 23.2 Å². The van der Waals surface area contributed by atoms with Gasteiger partial charge in [0.15, 0.2) is 5.76 Å². The highest BCUT2D eigenvalue weighted by Gasteiger charge is 2.14. The zero-order chi connectivity index (χ0) is 11.5. The van der Waals surface area contributed by atoms with E-state index in [1.165, 1.54) is 0 Å². The van der Waals surface area contributed by atoms with Crippen molar-refractivity contribution in [3.8, 4) is 11.3 Å². The molecule has 0 spiro atoms. The molecule has 0 saturated heterocycles. The third-order valence-electron chi connectivity index (χ3n) is 2.21. The van der Waals surface area contributed by atoms with Crippen LogP contribution < -0.4 is 5.32 Å². The van der Waals surface area contributed by atoms with Gasteiger partial charge in [0, 0.05) is 17.7 Å². The maximum Gasteiger partial charge on any atom is 0.172 e. The lowest BCUT2D eigenvalue weighted by atomic mass is 10.1. The van der Waals surface area contributed by atoms with E-state index >= 15 is 0 Å². The molecule has 0 unspecified atom stereocenters. The predicted octanol–water partition coefficient (Wildman–Crippen LogP) is 3.37. The molecule has 16 heavy (non-hydrogen) atoms. The third kappa shape index (κ3) is 2.07. The fraction of sp³-hybridized carbons (Fsp3) is 0.182. The summed E-state index contributed by atoms with van der Waals surface area (Å²) in [4.78, 5) is 0. The second kappa shape index (κ2) is 4.87. The van der Waals surface area contributed by atoms with E-state index < -0.39 is 0 Å². The van der Waals surface area contributed by atoms with Gasteiger partial charge < -0.3 is 9.84 Å². The van der Waals surface area contributed by atoms with Crippen molar-refractivity contribution < 1.29 is 4.52 Å². The Morgan fingerprint density at radius 3 is 2.94 bits per heavy atom. The smallest absolute Gasteiger partial charge is 0.172 e. The van der Waals surface area contributed by atoms with Crippen LogP contribution in [0.1, 0.15) is 5.56 Å². The highest BCUT2D eigenvalue weighted by atomic mass is 35.5. The lowest BCUT2D eigenvalue weighted by Gasteiger charge is -2.04. The molecule has 0 bridgehead atoms. The summed E-state index contributed by atoms with van der Waals surface area (Å²) in [6.45, 7) is 0.668. The van der Waals surface area contributed by atoms with Gasteiger partial charge in [-0.3, -0.25) is 0 Å². The van der Waals surface area contributed by atoms with Gasteiger partial charge in [-0.15, -0.1) is 0 Å². The number of aromatic nitrogens is 1. The number of rotatable bonds is 3. The van der Waals surface area contributed by atoms with Gasteiger partial charge in [-0.25, -0.2) is 0 Å². The molecule has 5 heteroatoms. The highest BCUT2D eigenvalue weighted by Crippen LogP contribution is 2.34. The van der Waals surface area contributed by atoms with E-state index in [0.717, 1.165) is 11.1 Å². The summed E-state index contributed by atoms with van der Waals surface area (Å²) >= 11 is 12.1. The van der Waals surface area contributed by atoms with Gasteiger partial charge in [0.05, 0.1) is 16.2 Å². The van der Waals surface area contributed by atoms with Crippen molar-refractivity contribution in [3.63, 3.8) is 0 Å². The van der Waals surface area contributed by atoms with Gasteiger partial charge >= 0.3 is 0 Å². The zero-order valence-electron chi connectivity index (χ0n) is 8.63. The van der Waals surface area contributed by atoms with Crippen LogP contribution in [0.25, 0.3) is 11.3 Å². The lowest BCUT2D eigenvalue weighted by Crippen LogP contribution is -2.04. The van der Waals surface area contributed by atoms with Gasteiger partial charge in [-0.1, -0.05) is 34.4 Å². The molecule has 0 atom stereocenters. The van der Waals surface area contributed by atoms with Crippen LogP contribution in [0.4, 0.5) is 0 Å². The second-order valence-corrected chi connectivity index (χ2v) is 4.10. The van der Waals surface area contributed by atoms with Crippen LogP contribution in [0.15, 0.2) is 28.9 Å². The van der Waals surface area contributed by atoms with Crippen molar-refractivity contribution in [3.05, 3.63) is 40.0 Å². The summed E-state index contributed by atoms with van der Waals surface area (Å²) < 4.78 is 5.21. The first-order valence-corrected chi connectivity index (χ1v) is 5.52. The molecule has 0 radical (unpaired) electrons. The van der Waals surface area contributed by atoms with E-state index in [1.54, 1.807) is 12.3 Å². The van der Waals surface area contributed by atoms with Gasteiger partial charge in [0.2, 0.25) is 0 Å². The van der Waals surface area contributed by atoms with Crippen LogP contribution in [0.2, 0.25) is 10.0 Å². The van der Waals surface area contributed by atoms with Crippen LogP contribution in [-0.4, -0.2) is 12.2 Å². The van der Waals surface area contributed by atoms with Crippen molar-refractivity contribution in [2.24, 2.45) is 0 Å². The number of halogens is 2. The Labute approximate surface area is 103 Å². The SMILES string of the molecule is CNCc1cnoc1-c1cccc(Cl)c1Cl. The molecule has 0 saturated carbocycles. The molecule has 0 fully saturated rings. The Morgan fingerprint density at radius 1 is 1.38 bits per heavy atom. The average Bonchev–Trinajstić information content (AvgIpc) is 2.71. The van der Waals surface area contributed by atoms with Crippen molar-refractivity contribution in [2.45, 2.75) is 6.54 Å². The number of nitrogens with zero attached hydrogens (tertiary/aromatic N) is 1. The Balaban J connectivity index is 2.50. The molecular formula is C11H10Cl2N2O. The minimum absolute atomic E-state index is 0.485. The monoisotopic (exact) mass is 256 g/mol. The van der Waals surface area contributed by atoms with Crippen molar-refractivity contribution >= 4 is 23.2 Å². The van der Waals surface area contributed by atoms with E-state index in [2.05, 4.69) is 10.5 Å². The lowest BCUT2D eigenvalue weighted by molar-refractivity contribution is 0.431. The molecule has 0 amide bonds. The van der Waals surface area contributed by atoms with Crippen LogP contribution in [0.3, 0.4) is 0 Å². The molecule has 0 aliphatic carbocycles. The minimum atomic E-state index is 0.485. The van der Waals surface area contributed by atoms with Gasteiger partial charge in [-0.2, -0.15) is 0 Å². The maximum atomic E-state index is 6.12. The molecular weight excluding hydrogens is 247 g/mol. The fourth-order valence-electron chi connectivity index (χ4n) is 1.48. The molecule has 0 aliphatic rings.